The van der Waals surface area contributed by atoms with Gasteiger partial charge in [0.15, 0.2) is 15.8 Å². The number of aliphatic imine (C=N–C) groups is 1. The maximum Gasteiger partial charge on any atom is 0.189 e. The molecule has 0 radical (unpaired) electrons. The van der Waals surface area contributed by atoms with Crippen molar-refractivity contribution < 1.29 is 13.2 Å². The first-order chi connectivity index (χ1) is 10.9. The quantitative estimate of drug-likeness (QED) is 0.639. The molecule has 1 saturated carbocycles. The lowest BCUT2D eigenvalue weighted by Gasteiger charge is -2.38. The van der Waals surface area contributed by atoms with Crippen LogP contribution in [0.4, 0.5) is 0 Å². The molecule has 1 aromatic carbocycles. The lowest BCUT2D eigenvalue weighted by atomic mass is 9.84. The van der Waals surface area contributed by atoms with Crippen molar-refractivity contribution in [3.8, 4) is 5.75 Å². The summed E-state index contributed by atoms with van der Waals surface area (Å²) < 4.78 is 28.8. The molecule has 1 fully saturated rings. The van der Waals surface area contributed by atoms with Crippen molar-refractivity contribution >= 4 is 15.8 Å². The average molecular weight is 337 g/mol. The molecule has 0 saturated heterocycles. The Balaban J connectivity index is 1.69. The number of sulfone groups is 1. The molecule has 0 bridgehead atoms. The van der Waals surface area contributed by atoms with Crippen LogP contribution >= 0.6 is 0 Å². The molecule has 0 amide bonds. The molecule has 7 heteroatoms. The number of benzene rings is 1. The van der Waals surface area contributed by atoms with Gasteiger partial charge in [-0.2, -0.15) is 0 Å². The van der Waals surface area contributed by atoms with Crippen molar-refractivity contribution in [2.45, 2.75) is 36.5 Å². The highest BCUT2D eigenvalue weighted by Crippen LogP contribution is 2.39. The summed E-state index contributed by atoms with van der Waals surface area (Å²) in [6.07, 6.45) is 4.36. The fourth-order valence-electron chi connectivity index (χ4n) is 3.16. The summed E-state index contributed by atoms with van der Waals surface area (Å²) in [4.78, 5) is 4.32. The fourth-order valence-corrected chi connectivity index (χ4v) is 4.49. The van der Waals surface area contributed by atoms with Crippen molar-refractivity contribution in [1.82, 2.24) is 5.32 Å². The van der Waals surface area contributed by atoms with Gasteiger partial charge < -0.3 is 15.8 Å². The second kappa shape index (κ2) is 6.03. The minimum atomic E-state index is -3.12. The summed E-state index contributed by atoms with van der Waals surface area (Å²) in [6.45, 7) is 0.852. The smallest absolute Gasteiger partial charge is 0.189 e. The lowest BCUT2D eigenvalue weighted by Crippen LogP contribution is -2.48. The van der Waals surface area contributed by atoms with Gasteiger partial charge >= 0.3 is 0 Å². The van der Waals surface area contributed by atoms with Gasteiger partial charge in [0, 0.05) is 18.2 Å². The third-order valence-corrected chi connectivity index (χ3v) is 6.98. The van der Waals surface area contributed by atoms with Crippen LogP contribution in [0.2, 0.25) is 0 Å². The van der Waals surface area contributed by atoms with Crippen LogP contribution in [0.1, 0.15) is 37.3 Å². The third-order valence-electron chi connectivity index (χ3n) is 4.87. The van der Waals surface area contributed by atoms with Crippen LogP contribution in [0.5, 0.6) is 5.75 Å². The highest BCUT2D eigenvalue weighted by Gasteiger charge is 2.46. The highest BCUT2D eigenvalue weighted by molar-refractivity contribution is 7.92. The van der Waals surface area contributed by atoms with Crippen LogP contribution in [-0.2, 0) is 9.84 Å². The van der Waals surface area contributed by atoms with Crippen molar-refractivity contribution in [3.63, 3.8) is 0 Å². The maximum absolute atomic E-state index is 12.0. The molecule has 1 atom stereocenters. The Labute approximate surface area is 137 Å². The van der Waals surface area contributed by atoms with E-state index in [0.717, 1.165) is 24.2 Å². The first kappa shape index (κ1) is 16.1. The van der Waals surface area contributed by atoms with E-state index in [9.17, 15) is 8.42 Å². The number of para-hydroxylation sites is 1. The van der Waals surface area contributed by atoms with Crippen LogP contribution in [0.15, 0.2) is 29.3 Å². The first-order valence-corrected chi connectivity index (χ1v) is 9.78. The number of hydrogen-bond donors (Lipinski definition) is 2. The summed E-state index contributed by atoms with van der Waals surface area (Å²) in [7, 11) is -3.12. The monoisotopic (exact) mass is 337 g/mol. The Morgan fingerprint density at radius 1 is 1.43 bits per heavy atom. The van der Waals surface area contributed by atoms with Crippen LogP contribution < -0.4 is 15.8 Å². The predicted molar refractivity (Wildman–Crippen MR) is 90.3 cm³/mol. The second-order valence-electron chi connectivity index (χ2n) is 6.38. The zero-order valence-corrected chi connectivity index (χ0v) is 14.1. The zero-order valence-electron chi connectivity index (χ0n) is 13.3. The van der Waals surface area contributed by atoms with Gasteiger partial charge in [-0.3, -0.25) is 4.99 Å². The normalized spacial score (nSPS) is 23.3. The fraction of sp³-hybridized carbons (Fsp3) is 0.562. The van der Waals surface area contributed by atoms with E-state index in [1.165, 1.54) is 6.26 Å². The minimum absolute atomic E-state index is 0.0410. The van der Waals surface area contributed by atoms with Gasteiger partial charge in [0.05, 0.1) is 23.9 Å². The molecule has 0 aromatic heterocycles. The van der Waals surface area contributed by atoms with E-state index < -0.39 is 14.6 Å². The van der Waals surface area contributed by atoms with Gasteiger partial charge in [0.1, 0.15) is 5.75 Å². The van der Waals surface area contributed by atoms with Crippen LogP contribution in [0.25, 0.3) is 0 Å². The molecule has 3 rings (SSSR count). The summed E-state index contributed by atoms with van der Waals surface area (Å²) in [6, 6.07) is 7.87. The lowest BCUT2D eigenvalue weighted by molar-refractivity contribution is 0.262. The molecule has 1 unspecified atom stereocenters. The van der Waals surface area contributed by atoms with E-state index in [-0.39, 0.29) is 12.6 Å². The molecule has 1 aliphatic heterocycles. The number of guanidine groups is 1. The molecular formula is C16H23N3O3S. The molecular weight excluding hydrogens is 314 g/mol. The van der Waals surface area contributed by atoms with Crippen molar-refractivity contribution in [3.05, 3.63) is 29.8 Å². The largest absolute Gasteiger partial charge is 0.493 e. The summed E-state index contributed by atoms with van der Waals surface area (Å²) in [5.74, 6) is 1.15. The molecule has 2 aliphatic rings. The maximum atomic E-state index is 12.0. The van der Waals surface area contributed by atoms with Crippen molar-refractivity contribution in [2.24, 2.45) is 10.7 Å². The number of hydrogen-bond acceptors (Lipinski definition) is 4. The zero-order chi connectivity index (χ0) is 16.5. The first-order valence-electron chi connectivity index (χ1n) is 7.89. The van der Waals surface area contributed by atoms with E-state index in [1.807, 2.05) is 24.3 Å². The van der Waals surface area contributed by atoms with Crippen LogP contribution in [0.3, 0.4) is 0 Å². The Morgan fingerprint density at radius 3 is 2.83 bits per heavy atom. The van der Waals surface area contributed by atoms with Crippen LogP contribution in [0, 0.1) is 0 Å². The van der Waals surface area contributed by atoms with E-state index >= 15 is 0 Å². The molecule has 3 N–H and O–H groups in total. The Bertz CT molecular complexity index is 711. The van der Waals surface area contributed by atoms with Gasteiger partial charge in [-0.25, -0.2) is 8.42 Å². The van der Waals surface area contributed by atoms with Gasteiger partial charge in [-0.1, -0.05) is 24.6 Å². The van der Waals surface area contributed by atoms with Gasteiger partial charge in [0.25, 0.3) is 0 Å². The van der Waals surface area contributed by atoms with E-state index in [1.54, 1.807) is 0 Å². The molecule has 23 heavy (non-hydrogen) atoms. The van der Waals surface area contributed by atoms with E-state index in [2.05, 4.69) is 10.3 Å². The number of nitrogens with one attached hydrogen (secondary N) is 1. The van der Waals surface area contributed by atoms with E-state index in [0.29, 0.717) is 25.4 Å². The Kier molecular flexibility index (Phi) is 4.23. The van der Waals surface area contributed by atoms with Crippen molar-refractivity contribution in [2.75, 3.05) is 19.4 Å². The van der Waals surface area contributed by atoms with Crippen LogP contribution in [-0.4, -0.2) is 38.5 Å². The SMILES string of the molecule is CS(=O)(=O)C1(CN=C(N)NC2CCOc3ccccc32)CCC1. The number of rotatable bonds is 4. The third kappa shape index (κ3) is 3.15. The Morgan fingerprint density at radius 2 is 2.17 bits per heavy atom. The second-order valence-corrected chi connectivity index (χ2v) is 8.79. The predicted octanol–water partition coefficient (Wildman–Crippen LogP) is 1.38. The summed E-state index contributed by atoms with van der Waals surface area (Å²) in [5, 5.41) is 3.20. The standard InChI is InChI=1S/C16H23N3O3S/c1-23(20,21)16(8-4-9-16)11-18-15(17)19-13-7-10-22-14-6-3-2-5-12(13)14/h2-3,5-6,13H,4,7-11H2,1H3,(H3,17,18,19). The molecule has 6 nitrogen and oxygen atoms in total. The van der Waals surface area contributed by atoms with Gasteiger partial charge in [-0.15, -0.1) is 0 Å². The summed E-state index contributed by atoms with van der Waals surface area (Å²) >= 11 is 0. The topological polar surface area (TPSA) is 93.8 Å². The van der Waals surface area contributed by atoms with E-state index in [4.69, 9.17) is 10.5 Å². The Hall–Kier alpha value is -1.76. The number of nitrogens with two attached hydrogens (primary N) is 1. The highest BCUT2D eigenvalue weighted by atomic mass is 32.2. The number of fused-ring (bicyclic) bond motifs is 1. The average Bonchev–Trinajstić information content (AvgIpc) is 2.45. The molecule has 1 aliphatic carbocycles. The molecule has 126 valence electrons. The molecule has 0 spiro atoms. The van der Waals surface area contributed by atoms with Crippen molar-refractivity contribution in [1.29, 1.82) is 0 Å². The van der Waals surface area contributed by atoms with Gasteiger partial charge in [-0.05, 0) is 18.9 Å². The summed E-state index contributed by atoms with van der Waals surface area (Å²) in [5.41, 5.74) is 7.05. The number of ether oxygens (including phenoxy) is 1. The minimum Gasteiger partial charge on any atom is -0.493 e. The molecule has 1 heterocycles. The van der Waals surface area contributed by atoms with Gasteiger partial charge in [0.2, 0.25) is 0 Å². The number of nitrogens with zero attached hydrogens (tertiary/aromatic N) is 1. The molecule has 1 aromatic rings.